The van der Waals surface area contributed by atoms with Gasteiger partial charge in [0.2, 0.25) is 17.7 Å². The topological polar surface area (TPSA) is 60.9 Å². The molecule has 0 aromatic heterocycles. The van der Waals surface area contributed by atoms with Gasteiger partial charge in [-0.2, -0.15) is 0 Å². The minimum Gasteiger partial charge on any atom is -0.343 e. The van der Waals surface area contributed by atoms with Crippen molar-refractivity contribution in [2.75, 3.05) is 32.7 Å². The van der Waals surface area contributed by atoms with E-state index in [-0.39, 0.29) is 36.2 Å². The van der Waals surface area contributed by atoms with Crippen molar-refractivity contribution in [3.05, 3.63) is 67.0 Å². The number of piperidine rings is 1. The first kappa shape index (κ1) is 21.5. The molecule has 1 saturated carbocycles. The molecule has 6 nitrogen and oxygen atoms in total. The van der Waals surface area contributed by atoms with Gasteiger partial charge in [0, 0.05) is 38.5 Å². The summed E-state index contributed by atoms with van der Waals surface area (Å²) >= 11 is 0. The quantitative estimate of drug-likeness (QED) is 0.734. The van der Waals surface area contributed by atoms with Crippen LogP contribution in [0.1, 0.15) is 42.9 Å². The number of amides is 3. The first-order chi connectivity index (χ1) is 15.6. The maximum absolute atomic E-state index is 13.3. The van der Waals surface area contributed by atoms with Crippen molar-refractivity contribution in [1.29, 1.82) is 0 Å². The van der Waals surface area contributed by atoms with E-state index in [1.165, 1.54) is 17.0 Å². The number of hydrogen-bond acceptors (Lipinski definition) is 3. The molecule has 167 valence electrons. The third-order valence-electron chi connectivity index (χ3n) is 7.32. The van der Waals surface area contributed by atoms with Crippen molar-refractivity contribution in [3.63, 3.8) is 0 Å². The van der Waals surface area contributed by atoms with Crippen LogP contribution in [0.3, 0.4) is 0 Å². The van der Waals surface area contributed by atoms with Gasteiger partial charge in [0.05, 0.1) is 12.6 Å². The van der Waals surface area contributed by atoms with Gasteiger partial charge in [0.25, 0.3) is 0 Å². The summed E-state index contributed by atoms with van der Waals surface area (Å²) in [5.74, 6) is 1.37. The number of likely N-dealkylation sites (tertiary alicyclic amines) is 1. The third kappa shape index (κ3) is 4.28. The standard InChI is InChI=1S/C26H30N3O3/c30-24(10-9-19-5-1-2-6-19)27-14-11-21(12-15-27)26(32)28-17-23-22-8-4-3-7-20(22)13-16-29(23)25(31)18-28/h1-8,21,23H,9-18H2. The van der Waals surface area contributed by atoms with Crippen LogP contribution in [0.2, 0.25) is 0 Å². The molecule has 4 aliphatic rings. The van der Waals surface area contributed by atoms with Crippen molar-refractivity contribution >= 4 is 17.7 Å². The second kappa shape index (κ2) is 9.24. The van der Waals surface area contributed by atoms with Crippen molar-refractivity contribution < 1.29 is 14.4 Å². The summed E-state index contributed by atoms with van der Waals surface area (Å²) in [4.78, 5) is 44.3. The molecule has 3 fully saturated rings. The largest absolute Gasteiger partial charge is 0.343 e. The molecule has 0 bridgehead atoms. The number of fused-ring (bicyclic) bond motifs is 3. The fourth-order valence-electron chi connectivity index (χ4n) is 5.47. The van der Waals surface area contributed by atoms with Crippen LogP contribution in [0.5, 0.6) is 0 Å². The number of carbonyl (C=O) groups excluding carboxylic acids is 3. The second-order valence-electron chi connectivity index (χ2n) is 9.22. The number of nitrogens with zero attached hydrogens (tertiary/aromatic N) is 3. The van der Waals surface area contributed by atoms with Gasteiger partial charge in [-0.25, -0.2) is 0 Å². The Morgan fingerprint density at radius 3 is 2.50 bits per heavy atom. The SMILES string of the molecule is O=C(CC[C]1[CH][CH][CH][CH]1)N1CCC(C(=O)N2CC(=O)N3CCc4ccccc4C3C2)CC1. The van der Waals surface area contributed by atoms with Crippen LogP contribution in [-0.4, -0.2) is 65.1 Å². The minimum atomic E-state index is -0.104. The summed E-state index contributed by atoms with van der Waals surface area (Å²) < 4.78 is 0. The maximum Gasteiger partial charge on any atom is 0.242 e. The lowest BCUT2D eigenvalue weighted by Gasteiger charge is -2.45. The monoisotopic (exact) mass is 432 g/mol. The lowest BCUT2D eigenvalue weighted by atomic mass is 9.89. The maximum atomic E-state index is 13.3. The molecule has 1 atom stereocenters. The Hall–Kier alpha value is -2.37. The van der Waals surface area contributed by atoms with Gasteiger partial charge in [-0.15, -0.1) is 0 Å². The Balaban J connectivity index is 1.16. The van der Waals surface area contributed by atoms with Crippen molar-refractivity contribution in [3.8, 4) is 0 Å². The lowest BCUT2D eigenvalue weighted by Crippen LogP contribution is -2.57. The van der Waals surface area contributed by atoms with Crippen LogP contribution in [0.4, 0.5) is 0 Å². The van der Waals surface area contributed by atoms with Crippen LogP contribution >= 0.6 is 0 Å². The number of rotatable bonds is 4. The summed E-state index contributed by atoms with van der Waals surface area (Å²) in [6, 6.07) is 8.23. The first-order valence-corrected chi connectivity index (χ1v) is 11.7. The van der Waals surface area contributed by atoms with Crippen LogP contribution in [0.25, 0.3) is 0 Å². The molecule has 1 unspecified atom stereocenters. The molecular weight excluding hydrogens is 402 g/mol. The van der Waals surface area contributed by atoms with Crippen LogP contribution < -0.4 is 0 Å². The molecule has 32 heavy (non-hydrogen) atoms. The van der Waals surface area contributed by atoms with E-state index in [1.807, 2.05) is 47.6 Å². The molecule has 2 saturated heterocycles. The van der Waals surface area contributed by atoms with Crippen molar-refractivity contribution in [2.24, 2.45) is 5.92 Å². The van der Waals surface area contributed by atoms with Crippen LogP contribution in [0, 0.1) is 37.5 Å². The molecule has 1 aromatic carbocycles. The second-order valence-corrected chi connectivity index (χ2v) is 9.22. The van der Waals surface area contributed by atoms with Gasteiger partial charge in [-0.05, 0) is 68.4 Å². The van der Waals surface area contributed by atoms with Gasteiger partial charge < -0.3 is 14.7 Å². The van der Waals surface area contributed by atoms with Crippen LogP contribution in [-0.2, 0) is 20.8 Å². The van der Waals surface area contributed by atoms with Crippen molar-refractivity contribution in [1.82, 2.24) is 14.7 Å². The molecule has 5 rings (SSSR count). The van der Waals surface area contributed by atoms with E-state index in [2.05, 4.69) is 12.1 Å². The molecule has 1 aromatic rings. The van der Waals surface area contributed by atoms with E-state index in [4.69, 9.17) is 0 Å². The van der Waals surface area contributed by atoms with E-state index >= 15 is 0 Å². The molecule has 1 aliphatic carbocycles. The van der Waals surface area contributed by atoms with E-state index < -0.39 is 0 Å². The fourth-order valence-corrected chi connectivity index (χ4v) is 5.47. The summed E-state index contributed by atoms with van der Waals surface area (Å²) in [6.07, 6.45) is 11.6. The number of benzene rings is 1. The average Bonchev–Trinajstić information content (AvgIpc) is 3.36. The highest BCUT2D eigenvalue weighted by Gasteiger charge is 2.40. The fraction of sp³-hybridized carbons (Fsp3) is 0.462. The molecule has 0 spiro atoms. The Labute approximate surface area is 190 Å². The van der Waals surface area contributed by atoms with E-state index in [0.29, 0.717) is 38.9 Å². The highest BCUT2D eigenvalue weighted by atomic mass is 16.2. The van der Waals surface area contributed by atoms with Crippen molar-refractivity contribution in [2.45, 2.75) is 38.1 Å². The van der Waals surface area contributed by atoms with E-state index in [0.717, 1.165) is 19.4 Å². The zero-order valence-corrected chi connectivity index (χ0v) is 18.4. The van der Waals surface area contributed by atoms with Crippen LogP contribution in [0.15, 0.2) is 24.3 Å². The summed E-state index contributed by atoms with van der Waals surface area (Å²) in [7, 11) is 0. The summed E-state index contributed by atoms with van der Waals surface area (Å²) in [5.41, 5.74) is 2.46. The predicted octanol–water partition coefficient (Wildman–Crippen LogP) is 2.38. The molecular formula is C26H30N3O3. The highest BCUT2D eigenvalue weighted by Crippen LogP contribution is 2.34. The molecule has 3 heterocycles. The average molecular weight is 433 g/mol. The third-order valence-corrected chi connectivity index (χ3v) is 7.32. The highest BCUT2D eigenvalue weighted by molar-refractivity contribution is 5.88. The summed E-state index contributed by atoms with van der Waals surface area (Å²) in [5, 5.41) is 0. The lowest BCUT2D eigenvalue weighted by molar-refractivity contribution is -0.152. The molecule has 3 amide bonds. The van der Waals surface area contributed by atoms with Gasteiger partial charge in [0.15, 0.2) is 0 Å². The molecule has 5 radical (unpaired) electrons. The molecule has 6 heteroatoms. The van der Waals surface area contributed by atoms with Gasteiger partial charge in [-0.1, -0.05) is 24.3 Å². The summed E-state index contributed by atoms with van der Waals surface area (Å²) in [6.45, 7) is 2.72. The predicted molar refractivity (Wildman–Crippen MR) is 120 cm³/mol. The van der Waals surface area contributed by atoms with E-state index in [9.17, 15) is 14.4 Å². The van der Waals surface area contributed by atoms with Gasteiger partial charge >= 0.3 is 0 Å². The Morgan fingerprint density at radius 1 is 0.969 bits per heavy atom. The number of hydrogen-bond donors (Lipinski definition) is 0. The number of piperazine rings is 1. The zero-order valence-electron chi connectivity index (χ0n) is 18.4. The Bertz CT molecular complexity index is 871. The van der Waals surface area contributed by atoms with Gasteiger partial charge in [0.1, 0.15) is 0 Å². The zero-order chi connectivity index (χ0) is 22.1. The van der Waals surface area contributed by atoms with Gasteiger partial charge in [-0.3, -0.25) is 14.4 Å². The Kier molecular flexibility index (Phi) is 6.20. The normalized spacial score (nSPS) is 24.4. The smallest absolute Gasteiger partial charge is 0.242 e. The van der Waals surface area contributed by atoms with E-state index in [1.54, 1.807) is 4.90 Å². The Morgan fingerprint density at radius 2 is 1.72 bits per heavy atom. The number of carbonyl (C=O) groups is 3. The first-order valence-electron chi connectivity index (χ1n) is 11.7. The molecule has 0 N–H and O–H groups in total. The molecule has 3 aliphatic heterocycles. The minimum absolute atomic E-state index is 0.0389.